The van der Waals surface area contributed by atoms with Gasteiger partial charge in [-0.1, -0.05) is 0 Å². The number of aliphatic hydroxyl groups is 2. The molecule has 2 aromatic heterocycles. The molecule has 3 rings (SSSR count). The molecule has 1 aliphatic rings. The van der Waals surface area contributed by atoms with Gasteiger partial charge in [0.2, 0.25) is 5.62 Å². The van der Waals surface area contributed by atoms with Crippen LogP contribution in [0.5, 0.6) is 0 Å². The summed E-state index contributed by atoms with van der Waals surface area (Å²) in [5.41, 5.74) is 11.0. The van der Waals surface area contributed by atoms with Crippen LogP contribution in [-0.2, 0) is 31.6 Å². The Morgan fingerprint density at radius 2 is 1.69 bits per heavy atom. The summed E-state index contributed by atoms with van der Waals surface area (Å²) in [4.78, 5) is 48.9. The number of nitrogens with zero attached hydrogens (tertiary/aromatic N) is 4. The molecule has 0 aromatic carbocycles. The van der Waals surface area contributed by atoms with E-state index in [1.165, 1.54) is 0 Å². The van der Waals surface area contributed by atoms with E-state index in [0.717, 1.165) is 10.9 Å². The molecule has 24 heteroatoms. The monoisotopic (exact) mass is 571 g/mol. The van der Waals surface area contributed by atoms with Crippen LogP contribution in [0.2, 0.25) is 0 Å². The number of nitrogens with one attached hydrogen (secondary N) is 1. The van der Waals surface area contributed by atoms with Gasteiger partial charge >= 0.3 is 45.2 Å². The predicted octanol–water partition coefficient (Wildman–Crippen LogP) is -6.20. The van der Waals surface area contributed by atoms with E-state index in [1.54, 1.807) is 0 Å². The van der Waals surface area contributed by atoms with Crippen molar-refractivity contribution in [1.29, 1.82) is 5.41 Å². The third-order valence-electron chi connectivity index (χ3n) is 4.16. The Kier molecular flexibility index (Phi) is 9.40. The van der Waals surface area contributed by atoms with E-state index < -0.39 is 60.2 Å². The van der Waals surface area contributed by atoms with Crippen LogP contribution in [0, 0.1) is 5.41 Å². The van der Waals surface area contributed by atoms with Gasteiger partial charge in [0.25, 0.3) is 7.82 Å². The van der Waals surface area contributed by atoms with Gasteiger partial charge in [-0.15, -0.1) is 0 Å². The van der Waals surface area contributed by atoms with Crippen LogP contribution in [0.15, 0.2) is 6.33 Å². The molecule has 3 unspecified atom stereocenters. The maximum absolute atomic E-state index is 11.8. The molecule has 1 saturated heterocycles. The van der Waals surface area contributed by atoms with Crippen molar-refractivity contribution in [3.63, 3.8) is 0 Å². The molecular formula is C11H17N7NaO13P3. The van der Waals surface area contributed by atoms with Crippen LogP contribution >= 0.6 is 23.5 Å². The van der Waals surface area contributed by atoms with Crippen LogP contribution in [-0.4, -0.2) is 69.3 Å². The molecule has 2 aromatic rings. The molecule has 3 heterocycles. The van der Waals surface area contributed by atoms with Gasteiger partial charge in [-0.2, -0.15) is 14.3 Å². The molecule has 0 amide bonds. The molecule has 0 aliphatic carbocycles. The summed E-state index contributed by atoms with van der Waals surface area (Å²) < 4.78 is 51.6. The predicted molar refractivity (Wildman–Crippen MR) is 104 cm³/mol. The summed E-state index contributed by atoms with van der Waals surface area (Å²) in [6, 6.07) is 0. The molecule has 0 bridgehead atoms. The largest absolute Gasteiger partial charge is 1.00 e. The van der Waals surface area contributed by atoms with E-state index in [4.69, 9.17) is 31.4 Å². The molecular weight excluding hydrogens is 554 g/mol. The molecule has 1 aliphatic heterocycles. The third kappa shape index (κ3) is 7.33. The van der Waals surface area contributed by atoms with Gasteiger partial charge in [-0.25, -0.2) is 18.4 Å². The van der Waals surface area contributed by atoms with Crippen molar-refractivity contribution in [2.75, 3.05) is 18.1 Å². The Labute approximate surface area is 216 Å². The SMILES string of the molecule is N=c1nc(N)c2ncn([C@H]3O[C@@H](COP(=O)(O)OP(=O)(O)OP(=O)([O-])O)[C@H](O)[C@@H]3O)c2c(N)n1.[Na+]. The van der Waals surface area contributed by atoms with Gasteiger partial charge in [-0.3, -0.25) is 19.1 Å². The van der Waals surface area contributed by atoms with Crippen LogP contribution in [0.3, 0.4) is 0 Å². The first kappa shape index (κ1) is 30.3. The number of nitrogens with two attached hydrogens (primary N) is 2. The van der Waals surface area contributed by atoms with Crippen molar-refractivity contribution in [2.24, 2.45) is 0 Å². The fourth-order valence-electron chi connectivity index (χ4n) is 2.92. The first-order valence-electron chi connectivity index (χ1n) is 8.62. The summed E-state index contributed by atoms with van der Waals surface area (Å²) in [5.74, 6) is -0.506. The van der Waals surface area contributed by atoms with Crippen molar-refractivity contribution < 1.29 is 90.9 Å². The average Bonchev–Trinajstić information content (AvgIpc) is 3.16. The summed E-state index contributed by atoms with van der Waals surface area (Å²) in [6.07, 6.45) is -5.39. The Morgan fingerprint density at radius 1 is 1.09 bits per heavy atom. The van der Waals surface area contributed by atoms with Gasteiger partial charge in [0.1, 0.15) is 29.3 Å². The zero-order chi connectivity index (χ0) is 25.6. The number of fused-ring (bicyclic) bond motifs is 1. The Morgan fingerprint density at radius 3 is 2.29 bits per heavy atom. The first-order chi connectivity index (χ1) is 15.5. The Balaban J connectivity index is 0.00000432. The number of hydrogen-bond donors (Lipinski definition) is 8. The number of phosphoric ester groups is 1. The minimum Gasteiger partial charge on any atom is -0.756 e. The van der Waals surface area contributed by atoms with Crippen LogP contribution in [0.4, 0.5) is 11.6 Å². The fourth-order valence-corrected chi connectivity index (χ4v) is 5.92. The second kappa shape index (κ2) is 10.8. The summed E-state index contributed by atoms with van der Waals surface area (Å²) in [6.45, 7) is -1.04. The summed E-state index contributed by atoms with van der Waals surface area (Å²) in [7, 11) is -17.2. The molecule has 190 valence electrons. The van der Waals surface area contributed by atoms with E-state index in [-0.39, 0.29) is 52.2 Å². The molecule has 0 radical (unpaired) electrons. The van der Waals surface area contributed by atoms with Crippen molar-refractivity contribution in [2.45, 2.75) is 24.5 Å². The van der Waals surface area contributed by atoms with Crippen molar-refractivity contribution >= 4 is 46.1 Å². The van der Waals surface area contributed by atoms with E-state index in [1.807, 2.05) is 0 Å². The third-order valence-corrected chi connectivity index (χ3v) is 7.93. The van der Waals surface area contributed by atoms with E-state index >= 15 is 0 Å². The number of rotatable bonds is 8. The Hall–Kier alpha value is -0.890. The number of ether oxygens (including phenoxy) is 1. The molecule has 0 saturated carbocycles. The number of imidazole rings is 1. The second-order valence-electron chi connectivity index (χ2n) is 6.58. The van der Waals surface area contributed by atoms with E-state index in [0.29, 0.717) is 0 Å². The second-order valence-corrected chi connectivity index (χ2v) is 11.0. The maximum Gasteiger partial charge on any atom is 1.00 e. The maximum atomic E-state index is 11.8. The Bertz CT molecular complexity index is 1310. The zero-order valence-electron chi connectivity index (χ0n) is 17.4. The van der Waals surface area contributed by atoms with Gasteiger partial charge < -0.3 is 46.0 Å². The molecule has 20 nitrogen and oxygen atoms in total. The van der Waals surface area contributed by atoms with Gasteiger partial charge in [0, 0.05) is 0 Å². The molecule has 35 heavy (non-hydrogen) atoms. The zero-order valence-corrected chi connectivity index (χ0v) is 22.1. The van der Waals surface area contributed by atoms with Gasteiger partial charge in [0.15, 0.2) is 17.9 Å². The first-order valence-corrected chi connectivity index (χ1v) is 13.1. The van der Waals surface area contributed by atoms with Gasteiger partial charge in [-0.05, 0) is 0 Å². The van der Waals surface area contributed by atoms with E-state index in [2.05, 4.69) is 28.1 Å². The van der Waals surface area contributed by atoms with Crippen molar-refractivity contribution in [1.82, 2.24) is 19.5 Å². The van der Waals surface area contributed by atoms with Crippen LogP contribution in [0.1, 0.15) is 6.23 Å². The average molecular weight is 571 g/mol. The van der Waals surface area contributed by atoms with Crippen LogP contribution in [0.25, 0.3) is 11.0 Å². The minimum absolute atomic E-state index is 0. The summed E-state index contributed by atoms with van der Waals surface area (Å²) >= 11 is 0. The number of phosphoric acid groups is 3. The topological polar surface area (TPSA) is 332 Å². The van der Waals surface area contributed by atoms with Crippen molar-refractivity contribution in [3.05, 3.63) is 11.9 Å². The summed E-state index contributed by atoms with van der Waals surface area (Å²) in [5, 5.41) is 28.2. The number of hydrogen-bond acceptors (Lipinski definition) is 16. The van der Waals surface area contributed by atoms with Crippen molar-refractivity contribution in [3.8, 4) is 0 Å². The minimum atomic E-state index is -5.83. The quantitative estimate of drug-likeness (QED) is 0.108. The van der Waals surface area contributed by atoms with E-state index in [9.17, 15) is 33.7 Å². The molecule has 10 N–H and O–H groups in total. The number of aromatic nitrogens is 4. The molecule has 1 fully saturated rings. The molecule has 7 atom stereocenters. The molecule has 0 spiro atoms. The smallest absolute Gasteiger partial charge is 0.756 e. The number of anilines is 2. The standard InChI is InChI=1S/C11H18N7O13P3.Na/c12-8-4-5(9(13)17-11(14)16-8)18(2-15-4)10-7(20)6(19)3(29-10)1-28-33(24,25)31-34(26,27)30-32(21,22)23;/h2-3,6-7,10,19-20H,1H2,(H,24,25)(H,26,27)(H2,21,22,23)(H5,12,13,14,16,17);/q;+1/p-1/t3-,6-,7-,10-;/m0./s1. The number of nitrogen functional groups attached to an aromatic ring is 2. The number of aliphatic hydroxyl groups excluding tert-OH is 2. The van der Waals surface area contributed by atoms with Gasteiger partial charge in [0.05, 0.1) is 12.9 Å². The fraction of sp³-hybridized carbons (Fsp3) is 0.455. The normalized spacial score (nSPS) is 27.5. The van der Waals surface area contributed by atoms with Crippen LogP contribution < -0.4 is 51.5 Å².